The SMILES string of the molecule is O=C1C(c2ccc(N3C4CCCC3CC4)s2)=C(O)C1c1ccc(N2C3CCCC2CC3)s1. The molecule has 4 bridgehead atoms. The minimum atomic E-state index is -0.456. The second kappa shape index (κ2) is 7.36. The fourth-order valence-electron chi connectivity index (χ4n) is 7.16. The lowest BCUT2D eigenvalue weighted by Crippen LogP contribution is -2.39. The van der Waals surface area contributed by atoms with Crippen LogP contribution in [0.1, 0.15) is 79.9 Å². The molecule has 0 radical (unpaired) electrons. The van der Waals surface area contributed by atoms with E-state index in [0.29, 0.717) is 29.7 Å². The summed E-state index contributed by atoms with van der Waals surface area (Å²) in [4.78, 5) is 20.4. The maximum absolute atomic E-state index is 13.2. The molecule has 5 atom stereocenters. The number of rotatable bonds is 4. The molecule has 1 N–H and O–H groups in total. The monoisotopic (exact) mass is 466 g/mol. The molecule has 0 saturated carbocycles. The number of fused-ring (bicyclic) bond motifs is 4. The first-order valence-corrected chi connectivity index (χ1v) is 14.1. The maximum atomic E-state index is 13.2. The Hall–Kier alpha value is -1.79. The summed E-state index contributed by atoms with van der Waals surface area (Å²) in [6.45, 7) is 0. The lowest BCUT2D eigenvalue weighted by atomic mass is 9.80. The number of hydrogen-bond donors (Lipinski definition) is 1. The standard InChI is InChI=1S/C26H30N2O2S2/c29-25-23(19-11-13-21(31-19)27-15-3-1-4-16(27)8-7-15)26(30)24(25)20-12-14-22(32-20)28-17-5-2-6-18(28)10-9-17/h11-18,23,29H,1-10H2. The molecule has 5 unspecified atom stereocenters. The number of carbonyl (C=O) groups is 1. The van der Waals surface area contributed by atoms with Crippen LogP contribution >= 0.6 is 22.7 Å². The zero-order valence-corrected chi connectivity index (χ0v) is 20.0. The van der Waals surface area contributed by atoms with Gasteiger partial charge >= 0.3 is 0 Å². The van der Waals surface area contributed by atoms with Crippen LogP contribution in [-0.4, -0.2) is 35.1 Å². The molecule has 7 rings (SSSR count). The number of piperidine rings is 2. The number of aliphatic hydroxyl groups excluding tert-OH is 1. The number of carbonyl (C=O) groups excluding carboxylic acids is 1. The first kappa shape index (κ1) is 19.7. The molecule has 6 heteroatoms. The Morgan fingerprint density at radius 2 is 1.25 bits per heavy atom. The molecule has 0 spiro atoms. The third-order valence-electron chi connectivity index (χ3n) is 8.67. The minimum absolute atomic E-state index is 0.0903. The normalized spacial score (nSPS) is 33.9. The van der Waals surface area contributed by atoms with Gasteiger partial charge in [-0.25, -0.2) is 0 Å². The lowest BCUT2D eigenvalue weighted by molar-refractivity contribution is -0.116. The molecule has 32 heavy (non-hydrogen) atoms. The van der Waals surface area contributed by atoms with Crippen LogP contribution < -0.4 is 9.80 Å². The number of Topliss-reactive ketones (excluding diaryl/α,β-unsaturated/α-hetero) is 1. The van der Waals surface area contributed by atoms with Crippen LogP contribution in [0.25, 0.3) is 5.57 Å². The van der Waals surface area contributed by atoms with Crippen molar-refractivity contribution < 1.29 is 9.90 Å². The minimum Gasteiger partial charge on any atom is -0.510 e. The average Bonchev–Trinajstić information content (AvgIpc) is 3.54. The van der Waals surface area contributed by atoms with Crippen LogP contribution in [0.2, 0.25) is 0 Å². The molecule has 0 amide bonds. The molecule has 2 aromatic heterocycles. The Kier molecular flexibility index (Phi) is 4.52. The summed E-state index contributed by atoms with van der Waals surface area (Å²) < 4.78 is 0. The van der Waals surface area contributed by atoms with Gasteiger partial charge in [0.2, 0.25) is 0 Å². The van der Waals surface area contributed by atoms with Gasteiger partial charge in [0.05, 0.1) is 15.6 Å². The van der Waals surface area contributed by atoms with Gasteiger partial charge in [0, 0.05) is 33.9 Å². The fourth-order valence-corrected chi connectivity index (χ4v) is 9.63. The molecule has 4 saturated heterocycles. The second-order valence-corrected chi connectivity index (χ2v) is 12.5. The molecule has 4 aliphatic heterocycles. The Bertz CT molecular complexity index is 1070. The van der Waals surface area contributed by atoms with E-state index < -0.39 is 5.92 Å². The average molecular weight is 467 g/mol. The lowest BCUT2D eigenvalue weighted by Gasteiger charge is -2.35. The highest BCUT2D eigenvalue weighted by molar-refractivity contribution is 7.18. The largest absolute Gasteiger partial charge is 0.510 e. The van der Waals surface area contributed by atoms with Gasteiger partial charge in [-0.1, -0.05) is 0 Å². The quantitative estimate of drug-likeness (QED) is 0.559. The van der Waals surface area contributed by atoms with Crippen molar-refractivity contribution in [2.75, 3.05) is 9.80 Å². The van der Waals surface area contributed by atoms with Crippen LogP contribution in [0.3, 0.4) is 0 Å². The van der Waals surface area contributed by atoms with Gasteiger partial charge in [0.15, 0.2) is 5.78 Å². The van der Waals surface area contributed by atoms with E-state index in [1.807, 2.05) is 0 Å². The second-order valence-electron chi connectivity index (χ2n) is 10.3. The molecule has 6 heterocycles. The summed E-state index contributed by atoms with van der Waals surface area (Å²) in [6.07, 6.45) is 13.1. The third-order valence-corrected chi connectivity index (χ3v) is 11.0. The van der Waals surface area contributed by atoms with Crippen molar-refractivity contribution in [2.45, 2.75) is 94.3 Å². The summed E-state index contributed by atoms with van der Waals surface area (Å²) in [5.74, 6) is -0.0875. The van der Waals surface area contributed by atoms with Crippen molar-refractivity contribution in [3.63, 3.8) is 0 Å². The number of aliphatic hydroxyl groups is 1. The molecule has 4 fully saturated rings. The number of anilines is 2. The van der Waals surface area contributed by atoms with E-state index in [1.54, 1.807) is 22.7 Å². The number of ketones is 1. The van der Waals surface area contributed by atoms with Crippen molar-refractivity contribution in [2.24, 2.45) is 0 Å². The van der Waals surface area contributed by atoms with Crippen LogP contribution in [0.15, 0.2) is 30.0 Å². The van der Waals surface area contributed by atoms with E-state index in [1.165, 1.54) is 74.2 Å². The highest BCUT2D eigenvalue weighted by Crippen LogP contribution is 2.51. The van der Waals surface area contributed by atoms with Gasteiger partial charge in [-0.15, -0.1) is 22.7 Å². The van der Waals surface area contributed by atoms with Gasteiger partial charge in [-0.2, -0.15) is 0 Å². The highest BCUT2D eigenvalue weighted by Gasteiger charge is 2.44. The van der Waals surface area contributed by atoms with Crippen molar-refractivity contribution in [3.8, 4) is 0 Å². The smallest absolute Gasteiger partial charge is 0.183 e. The first-order chi connectivity index (χ1) is 15.7. The molecule has 168 valence electrons. The number of allylic oxidation sites excluding steroid dienone is 2. The molecule has 2 aromatic rings. The van der Waals surface area contributed by atoms with Gasteiger partial charge in [0.25, 0.3) is 0 Å². The molecule has 0 aromatic carbocycles. The Morgan fingerprint density at radius 3 is 1.81 bits per heavy atom. The number of nitrogens with zero attached hydrogens (tertiary/aromatic N) is 2. The molecule has 4 nitrogen and oxygen atoms in total. The Morgan fingerprint density at radius 1 is 0.719 bits per heavy atom. The van der Waals surface area contributed by atoms with Gasteiger partial charge in [0.1, 0.15) is 11.7 Å². The van der Waals surface area contributed by atoms with Crippen molar-refractivity contribution >= 4 is 44.0 Å². The molecule has 1 aliphatic carbocycles. The summed E-state index contributed by atoms with van der Waals surface area (Å²) >= 11 is 3.41. The maximum Gasteiger partial charge on any atom is 0.183 e. The van der Waals surface area contributed by atoms with E-state index in [9.17, 15) is 9.90 Å². The Balaban J connectivity index is 1.14. The van der Waals surface area contributed by atoms with Gasteiger partial charge in [-0.3, -0.25) is 4.79 Å². The van der Waals surface area contributed by atoms with Crippen LogP contribution in [0.4, 0.5) is 10.0 Å². The zero-order chi connectivity index (χ0) is 21.4. The summed E-state index contributed by atoms with van der Waals surface area (Å²) in [5.41, 5.74) is 0.559. The highest BCUT2D eigenvalue weighted by atomic mass is 32.1. The van der Waals surface area contributed by atoms with Crippen LogP contribution in [0, 0.1) is 0 Å². The third kappa shape index (κ3) is 2.81. The van der Waals surface area contributed by atoms with E-state index >= 15 is 0 Å². The Labute approximate surface area is 197 Å². The topological polar surface area (TPSA) is 43.8 Å². The van der Waals surface area contributed by atoms with Crippen LogP contribution in [-0.2, 0) is 4.79 Å². The van der Waals surface area contributed by atoms with Crippen molar-refractivity contribution in [1.82, 2.24) is 0 Å². The van der Waals surface area contributed by atoms with E-state index in [4.69, 9.17) is 0 Å². The van der Waals surface area contributed by atoms with E-state index in [0.717, 1.165) is 9.75 Å². The van der Waals surface area contributed by atoms with E-state index in [-0.39, 0.29) is 11.5 Å². The van der Waals surface area contributed by atoms with Gasteiger partial charge in [-0.05, 0) is 88.5 Å². The zero-order valence-electron chi connectivity index (χ0n) is 18.3. The summed E-state index contributed by atoms with van der Waals surface area (Å²) in [7, 11) is 0. The molecular formula is C26H30N2O2S2. The number of thiophene rings is 2. The summed E-state index contributed by atoms with van der Waals surface area (Å²) in [5, 5.41) is 13.5. The summed E-state index contributed by atoms with van der Waals surface area (Å²) in [6, 6.07) is 11.2. The number of hydrogen-bond acceptors (Lipinski definition) is 6. The molecular weight excluding hydrogens is 436 g/mol. The van der Waals surface area contributed by atoms with Crippen molar-refractivity contribution in [1.29, 1.82) is 0 Å². The van der Waals surface area contributed by atoms with Gasteiger partial charge < -0.3 is 14.9 Å². The first-order valence-electron chi connectivity index (χ1n) is 12.4. The predicted molar refractivity (Wildman–Crippen MR) is 132 cm³/mol. The van der Waals surface area contributed by atoms with Crippen LogP contribution in [0.5, 0.6) is 0 Å². The predicted octanol–water partition coefficient (Wildman–Crippen LogP) is 6.49. The van der Waals surface area contributed by atoms with E-state index in [2.05, 4.69) is 34.1 Å². The fraction of sp³-hybridized carbons (Fsp3) is 0.577. The van der Waals surface area contributed by atoms with Crippen molar-refractivity contribution in [3.05, 3.63) is 39.8 Å². The molecule has 5 aliphatic rings.